The molecule has 0 saturated heterocycles. The predicted octanol–water partition coefficient (Wildman–Crippen LogP) is 3.50. The minimum Gasteiger partial charge on any atom is -0.355 e. The van der Waals surface area contributed by atoms with Crippen LogP contribution in [0.3, 0.4) is 0 Å². The largest absolute Gasteiger partial charge is 0.355 e. The number of nitro benzene ring substituents is 1. The lowest BCUT2D eigenvalue weighted by Gasteiger charge is -2.11. The molecule has 0 aliphatic carbocycles. The first-order chi connectivity index (χ1) is 10.6. The molecule has 0 aliphatic rings. The molecule has 1 amide bonds. The molecule has 2 aromatic rings. The third kappa shape index (κ3) is 4.85. The third-order valence-corrected chi connectivity index (χ3v) is 4.87. The molecule has 2 rings (SSSR count). The van der Waals surface area contributed by atoms with Crippen LogP contribution in [0.1, 0.15) is 12.5 Å². The number of hydrogen-bond acceptors (Lipinski definition) is 5. The highest BCUT2D eigenvalue weighted by Gasteiger charge is 2.14. The van der Waals surface area contributed by atoms with Crippen LogP contribution in [0.2, 0.25) is 0 Å². The molecule has 1 aromatic carbocycles. The summed E-state index contributed by atoms with van der Waals surface area (Å²) in [7, 11) is 0. The number of nitro groups is 1. The van der Waals surface area contributed by atoms with Crippen LogP contribution in [-0.2, 0) is 11.2 Å². The maximum absolute atomic E-state index is 12.0. The fraction of sp³-hybridized carbons (Fsp3) is 0.267. The minimum atomic E-state index is -0.435. The van der Waals surface area contributed by atoms with Crippen molar-refractivity contribution in [3.8, 4) is 0 Å². The van der Waals surface area contributed by atoms with Crippen LogP contribution in [0.5, 0.6) is 0 Å². The first kappa shape index (κ1) is 16.5. The summed E-state index contributed by atoms with van der Waals surface area (Å²) >= 11 is 3.03. The van der Waals surface area contributed by atoms with Crippen molar-refractivity contribution in [2.75, 3.05) is 6.54 Å². The maximum Gasteiger partial charge on any atom is 0.269 e. The van der Waals surface area contributed by atoms with E-state index in [1.165, 1.54) is 29.5 Å². The Morgan fingerprint density at radius 1 is 1.36 bits per heavy atom. The Morgan fingerprint density at radius 2 is 2.09 bits per heavy atom. The van der Waals surface area contributed by atoms with Crippen molar-refractivity contribution in [3.05, 3.63) is 56.8 Å². The van der Waals surface area contributed by atoms with Crippen molar-refractivity contribution < 1.29 is 9.72 Å². The first-order valence-electron chi connectivity index (χ1n) is 6.76. The molecule has 0 bridgehead atoms. The molecule has 1 atom stereocenters. The van der Waals surface area contributed by atoms with Gasteiger partial charge in [-0.05, 0) is 47.9 Å². The van der Waals surface area contributed by atoms with Gasteiger partial charge in [0, 0.05) is 23.6 Å². The van der Waals surface area contributed by atoms with Gasteiger partial charge >= 0.3 is 0 Å². The predicted molar refractivity (Wildman–Crippen MR) is 89.4 cm³/mol. The second-order valence-electron chi connectivity index (χ2n) is 4.68. The molecule has 116 valence electrons. The molecular formula is C15H16N2O3S2. The molecule has 0 radical (unpaired) electrons. The second kappa shape index (κ2) is 7.95. The van der Waals surface area contributed by atoms with Crippen molar-refractivity contribution >= 4 is 34.7 Å². The van der Waals surface area contributed by atoms with Gasteiger partial charge in [0.1, 0.15) is 0 Å². The average molecular weight is 336 g/mol. The fourth-order valence-corrected chi connectivity index (χ4v) is 3.41. The highest BCUT2D eigenvalue weighted by atomic mass is 32.2. The monoisotopic (exact) mass is 336 g/mol. The summed E-state index contributed by atoms with van der Waals surface area (Å²) in [6.07, 6.45) is 0.824. The molecule has 1 N–H and O–H groups in total. The molecular weight excluding hydrogens is 320 g/mol. The number of thioether (sulfide) groups is 1. The number of nitrogens with zero attached hydrogens (tertiary/aromatic N) is 1. The number of carbonyl (C=O) groups excluding carboxylic acids is 1. The summed E-state index contributed by atoms with van der Waals surface area (Å²) in [5.74, 6) is -0.0291. The van der Waals surface area contributed by atoms with E-state index in [2.05, 4.69) is 10.7 Å². The van der Waals surface area contributed by atoms with Crippen LogP contribution in [0, 0.1) is 10.1 Å². The van der Waals surface area contributed by atoms with Crippen LogP contribution < -0.4 is 5.32 Å². The van der Waals surface area contributed by atoms with Crippen LogP contribution in [0.25, 0.3) is 0 Å². The molecule has 7 heteroatoms. The van der Waals surface area contributed by atoms with Crippen LogP contribution in [0.4, 0.5) is 5.69 Å². The smallest absolute Gasteiger partial charge is 0.269 e. The van der Waals surface area contributed by atoms with Crippen LogP contribution in [-0.4, -0.2) is 22.6 Å². The Kier molecular flexibility index (Phi) is 5.97. The van der Waals surface area contributed by atoms with Crippen molar-refractivity contribution in [3.63, 3.8) is 0 Å². The zero-order valence-electron chi connectivity index (χ0n) is 12.0. The van der Waals surface area contributed by atoms with Crippen molar-refractivity contribution in [1.82, 2.24) is 5.32 Å². The Labute approximate surface area is 136 Å². The summed E-state index contributed by atoms with van der Waals surface area (Å²) in [5.41, 5.74) is 1.28. The molecule has 1 aromatic heterocycles. The van der Waals surface area contributed by atoms with Gasteiger partial charge in [-0.2, -0.15) is 11.3 Å². The Morgan fingerprint density at radius 3 is 2.68 bits per heavy atom. The van der Waals surface area contributed by atoms with E-state index in [1.54, 1.807) is 23.5 Å². The van der Waals surface area contributed by atoms with Crippen molar-refractivity contribution in [1.29, 1.82) is 0 Å². The Balaban J connectivity index is 1.79. The quantitative estimate of drug-likeness (QED) is 0.477. The molecule has 0 saturated carbocycles. The lowest BCUT2D eigenvalue weighted by Crippen LogP contribution is -2.32. The molecule has 22 heavy (non-hydrogen) atoms. The first-order valence-corrected chi connectivity index (χ1v) is 8.58. The second-order valence-corrected chi connectivity index (χ2v) is 6.88. The van der Waals surface area contributed by atoms with E-state index in [9.17, 15) is 14.9 Å². The number of thiophene rings is 1. The minimum absolute atomic E-state index is 0.0291. The molecule has 0 fully saturated rings. The number of amides is 1. The summed E-state index contributed by atoms with van der Waals surface area (Å²) in [6, 6.07) is 8.27. The number of nitrogens with one attached hydrogen (secondary N) is 1. The van der Waals surface area contributed by atoms with Gasteiger partial charge in [-0.15, -0.1) is 11.8 Å². The van der Waals surface area contributed by atoms with Gasteiger partial charge in [0.05, 0.1) is 10.2 Å². The fourth-order valence-electron chi connectivity index (χ4n) is 1.81. The molecule has 5 nitrogen and oxygen atoms in total. The number of rotatable bonds is 7. The normalized spacial score (nSPS) is 11.9. The zero-order chi connectivity index (χ0) is 15.9. The van der Waals surface area contributed by atoms with Gasteiger partial charge in [-0.3, -0.25) is 14.9 Å². The van der Waals surface area contributed by atoms with Crippen LogP contribution >= 0.6 is 23.1 Å². The van der Waals surface area contributed by atoms with E-state index in [0.29, 0.717) is 6.54 Å². The van der Waals surface area contributed by atoms with Gasteiger partial charge in [0.15, 0.2) is 0 Å². The molecule has 1 unspecified atom stereocenters. The summed E-state index contributed by atoms with van der Waals surface area (Å²) < 4.78 is 0. The highest BCUT2D eigenvalue weighted by Crippen LogP contribution is 2.25. The Bertz CT molecular complexity index is 627. The summed E-state index contributed by atoms with van der Waals surface area (Å²) in [5, 5.41) is 17.3. The van der Waals surface area contributed by atoms with E-state index in [4.69, 9.17) is 0 Å². The standard InChI is InChI=1S/C15H16N2O3S2/c1-11(15(18)16-8-6-12-7-9-21-10-12)22-14-4-2-13(3-5-14)17(19)20/h2-5,7,9-11H,6,8H2,1H3,(H,16,18). The lowest BCUT2D eigenvalue weighted by molar-refractivity contribution is -0.384. The van der Waals surface area contributed by atoms with E-state index in [1.807, 2.05) is 18.4 Å². The van der Waals surface area contributed by atoms with Gasteiger partial charge in [-0.1, -0.05) is 0 Å². The van der Waals surface area contributed by atoms with E-state index in [0.717, 1.165) is 11.3 Å². The molecule has 1 heterocycles. The van der Waals surface area contributed by atoms with Crippen LogP contribution in [0.15, 0.2) is 46.0 Å². The topological polar surface area (TPSA) is 72.2 Å². The summed E-state index contributed by atoms with van der Waals surface area (Å²) in [6.45, 7) is 2.44. The van der Waals surface area contributed by atoms with Gasteiger partial charge in [-0.25, -0.2) is 0 Å². The average Bonchev–Trinajstić information content (AvgIpc) is 3.01. The maximum atomic E-state index is 12.0. The molecule has 0 aliphatic heterocycles. The number of benzene rings is 1. The van der Waals surface area contributed by atoms with E-state index >= 15 is 0 Å². The number of carbonyl (C=O) groups is 1. The zero-order valence-corrected chi connectivity index (χ0v) is 13.7. The van der Waals surface area contributed by atoms with Gasteiger partial charge < -0.3 is 5.32 Å². The number of non-ortho nitro benzene ring substituents is 1. The Hall–Kier alpha value is -1.86. The number of hydrogen-bond donors (Lipinski definition) is 1. The third-order valence-electron chi connectivity index (χ3n) is 3.02. The highest BCUT2D eigenvalue weighted by molar-refractivity contribution is 8.00. The van der Waals surface area contributed by atoms with Gasteiger partial charge in [0.2, 0.25) is 5.91 Å². The lowest BCUT2D eigenvalue weighted by atomic mass is 10.2. The molecule has 0 spiro atoms. The van der Waals surface area contributed by atoms with E-state index in [-0.39, 0.29) is 16.8 Å². The SMILES string of the molecule is CC(Sc1ccc([N+](=O)[O-])cc1)C(=O)NCCc1ccsc1. The van der Waals surface area contributed by atoms with Crippen molar-refractivity contribution in [2.24, 2.45) is 0 Å². The van der Waals surface area contributed by atoms with Gasteiger partial charge in [0.25, 0.3) is 5.69 Å². The summed E-state index contributed by atoms with van der Waals surface area (Å²) in [4.78, 5) is 23.0. The van der Waals surface area contributed by atoms with Crippen molar-refractivity contribution in [2.45, 2.75) is 23.5 Å². The van der Waals surface area contributed by atoms with E-state index < -0.39 is 4.92 Å².